The summed E-state index contributed by atoms with van der Waals surface area (Å²) in [7, 11) is -3.55. The average molecular weight is 499 g/mol. The number of thiophene rings is 1. The molecule has 0 spiro atoms. The van der Waals surface area contributed by atoms with Crippen molar-refractivity contribution in [3.8, 4) is 0 Å². The third kappa shape index (κ3) is 4.92. The van der Waals surface area contributed by atoms with Gasteiger partial charge in [0.25, 0.3) is 5.91 Å². The Labute approximate surface area is 205 Å². The Bertz CT molecular complexity index is 1350. The van der Waals surface area contributed by atoms with E-state index in [1.165, 1.54) is 21.1 Å². The van der Waals surface area contributed by atoms with Crippen LogP contribution in [-0.4, -0.2) is 59.7 Å². The molecule has 180 valence electrons. The minimum absolute atomic E-state index is 0.0749. The summed E-state index contributed by atoms with van der Waals surface area (Å²) in [6, 6.07) is 9.32. The van der Waals surface area contributed by atoms with E-state index in [0.717, 1.165) is 32.9 Å². The van der Waals surface area contributed by atoms with Gasteiger partial charge in [-0.05, 0) is 31.1 Å². The average Bonchev–Trinajstić information content (AvgIpc) is 3.14. The van der Waals surface area contributed by atoms with E-state index in [-0.39, 0.29) is 24.4 Å². The number of carbonyl (C=O) groups is 1. The molecule has 1 aliphatic rings. The Morgan fingerprint density at radius 2 is 1.68 bits per heavy atom. The number of carbonyl (C=O) groups excluding carboxylic acids is 1. The van der Waals surface area contributed by atoms with Gasteiger partial charge in [0.1, 0.15) is 10.7 Å². The zero-order valence-corrected chi connectivity index (χ0v) is 21.8. The molecule has 0 unspecified atom stereocenters. The first kappa shape index (κ1) is 24.5. The first-order chi connectivity index (χ1) is 16.0. The van der Waals surface area contributed by atoms with Crippen molar-refractivity contribution in [1.82, 2.24) is 19.2 Å². The van der Waals surface area contributed by atoms with Gasteiger partial charge in [0.2, 0.25) is 10.0 Å². The minimum Gasteiger partial charge on any atom is -0.335 e. The topological polar surface area (TPSA) is 83.5 Å². The van der Waals surface area contributed by atoms with E-state index >= 15 is 0 Å². The summed E-state index contributed by atoms with van der Waals surface area (Å²) in [6.07, 6.45) is 1.60. The smallest absolute Gasteiger partial charge is 0.264 e. The van der Waals surface area contributed by atoms with Crippen molar-refractivity contribution >= 4 is 43.6 Å². The van der Waals surface area contributed by atoms with Crippen LogP contribution >= 0.6 is 11.3 Å². The van der Waals surface area contributed by atoms with Gasteiger partial charge >= 0.3 is 0 Å². The summed E-state index contributed by atoms with van der Waals surface area (Å²) in [5.74, 6) is 0.689. The van der Waals surface area contributed by atoms with Gasteiger partial charge in [-0.15, -0.1) is 11.3 Å². The maximum Gasteiger partial charge on any atom is 0.264 e. The molecule has 2 aromatic heterocycles. The van der Waals surface area contributed by atoms with E-state index < -0.39 is 10.0 Å². The number of fused-ring (bicyclic) bond motifs is 1. The number of hydrogen-bond donors (Lipinski definition) is 0. The summed E-state index contributed by atoms with van der Waals surface area (Å²) in [4.78, 5) is 26.0. The molecule has 1 aliphatic heterocycles. The molecule has 0 N–H and O–H groups in total. The number of aryl methyl sites for hydroxylation is 2. The van der Waals surface area contributed by atoms with Crippen molar-refractivity contribution in [3.05, 3.63) is 63.3 Å². The van der Waals surface area contributed by atoms with Crippen LogP contribution in [0, 0.1) is 13.8 Å². The molecule has 0 bridgehead atoms. The molecular formula is C25H30N4O3S2. The van der Waals surface area contributed by atoms with Crippen LogP contribution in [0.4, 0.5) is 0 Å². The highest BCUT2D eigenvalue weighted by atomic mass is 32.2. The molecule has 1 aromatic carbocycles. The molecular weight excluding hydrogens is 468 g/mol. The van der Waals surface area contributed by atoms with Crippen molar-refractivity contribution in [2.75, 3.05) is 26.2 Å². The Morgan fingerprint density at radius 3 is 2.29 bits per heavy atom. The van der Waals surface area contributed by atoms with E-state index in [4.69, 9.17) is 4.98 Å². The van der Waals surface area contributed by atoms with Gasteiger partial charge in [0.05, 0.1) is 10.6 Å². The molecule has 9 heteroatoms. The highest BCUT2D eigenvalue weighted by Gasteiger charge is 2.30. The molecule has 4 rings (SSSR count). The maximum atomic E-state index is 13.4. The first-order valence-electron chi connectivity index (χ1n) is 11.3. The first-order valence-corrected chi connectivity index (χ1v) is 13.6. The van der Waals surface area contributed by atoms with Crippen LogP contribution in [0.1, 0.15) is 53.1 Å². The van der Waals surface area contributed by atoms with Gasteiger partial charge in [-0.3, -0.25) is 4.79 Å². The van der Waals surface area contributed by atoms with Crippen LogP contribution in [0.3, 0.4) is 0 Å². The Hall–Kier alpha value is -2.62. The van der Waals surface area contributed by atoms with Crippen LogP contribution in [0.2, 0.25) is 0 Å². The summed E-state index contributed by atoms with van der Waals surface area (Å²) in [5, 5.41) is 2.18. The summed E-state index contributed by atoms with van der Waals surface area (Å²) in [5.41, 5.74) is 2.42. The maximum absolute atomic E-state index is 13.4. The molecule has 0 atom stereocenters. The molecule has 34 heavy (non-hydrogen) atoms. The van der Waals surface area contributed by atoms with E-state index in [0.29, 0.717) is 18.0 Å². The molecule has 3 aromatic rings. The number of rotatable bonds is 4. The fourth-order valence-electron chi connectivity index (χ4n) is 3.98. The van der Waals surface area contributed by atoms with Gasteiger partial charge in [-0.2, -0.15) is 4.31 Å². The van der Waals surface area contributed by atoms with Gasteiger partial charge in [0, 0.05) is 42.4 Å². The van der Waals surface area contributed by atoms with Crippen molar-refractivity contribution < 1.29 is 13.2 Å². The van der Waals surface area contributed by atoms with E-state index in [1.807, 2.05) is 44.2 Å². The Balaban J connectivity index is 1.50. The normalized spacial score (nSPS) is 16.0. The fraction of sp³-hybridized carbons (Fsp3) is 0.400. The van der Waals surface area contributed by atoms with Crippen molar-refractivity contribution in [3.63, 3.8) is 0 Å². The quantitative estimate of drug-likeness (QED) is 0.534. The van der Waals surface area contributed by atoms with Crippen LogP contribution in [0.25, 0.3) is 16.3 Å². The molecule has 1 fully saturated rings. The second-order valence-electron chi connectivity index (χ2n) is 9.57. The SMILES string of the molecule is Cc1nc(C(C)(C)C)nc2sc(C(=O)N3CCN(S(=O)(=O)/C=C/c4ccccc4)CC3)c(C)c12. The van der Waals surface area contributed by atoms with Crippen LogP contribution < -0.4 is 0 Å². The molecule has 0 aliphatic carbocycles. The van der Waals surface area contributed by atoms with Crippen molar-refractivity contribution in [2.45, 2.75) is 40.0 Å². The van der Waals surface area contributed by atoms with Crippen LogP contribution in [-0.2, 0) is 15.4 Å². The third-order valence-corrected chi connectivity index (χ3v) is 8.69. The number of amides is 1. The summed E-state index contributed by atoms with van der Waals surface area (Å²) >= 11 is 1.40. The lowest BCUT2D eigenvalue weighted by Crippen LogP contribution is -2.50. The molecule has 0 saturated carbocycles. The lowest BCUT2D eigenvalue weighted by atomic mass is 9.95. The molecule has 1 amide bonds. The minimum atomic E-state index is -3.55. The number of sulfonamides is 1. The summed E-state index contributed by atoms with van der Waals surface area (Å²) < 4.78 is 26.9. The van der Waals surface area contributed by atoms with Gasteiger partial charge in [-0.1, -0.05) is 51.1 Å². The highest BCUT2D eigenvalue weighted by molar-refractivity contribution is 7.92. The fourth-order valence-corrected chi connectivity index (χ4v) is 6.36. The zero-order chi connectivity index (χ0) is 24.7. The van der Waals surface area contributed by atoms with Gasteiger partial charge in [0.15, 0.2) is 0 Å². The van der Waals surface area contributed by atoms with E-state index in [9.17, 15) is 13.2 Å². The third-order valence-electron chi connectivity index (χ3n) is 5.95. The molecule has 7 nitrogen and oxygen atoms in total. The zero-order valence-electron chi connectivity index (χ0n) is 20.2. The lowest BCUT2D eigenvalue weighted by molar-refractivity contribution is 0.0703. The number of hydrogen-bond acceptors (Lipinski definition) is 6. The monoisotopic (exact) mass is 498 g/mol. The molecule has 1 saturated heterocycles. The molecule has 0 radical (unpaired) electrons. The van der Waals surface area contributed by atoms with Crippen LogP contribution in [0.5, 0.6) is 0 Å². The highest BCUT2D eigenvalue weighted by Crippen LogP contribution is 2.34. The number of benzene rings is 1. The predicted molar refractivity (Wildman–Crippen MR) is 137 cm³/mol. The summed E-state index contributed by atoms with van der Waals surface area (Å²) in [6.45, 7) is 11.3. The van der Waals surface area contributed by atoms with Gasteiger partial charge in [-0.25, -0.2) is 18.4 Å². The molecule has 3 heterocycles. The second kappa shape index (κ2) is 9.20. The lowest BCUT2D eigenvalue weighted by Gasteiger charge is -2.33. The number of aromatic nitrogens is 2. The standard InChI is InChI=1S/C25H30N4O3S2/c1-17-20-18(2)26-24(25(3,4)5)27-22(20)33-21(17)23(30)28-12-14-29(15-13-28)34(31,32)16-11-19-9-7-6-8-10-19/h6-11,16H,12-15H2,1-5H3/b16-11+. The largest absolute Gasteiger partial charge is 0.335 e. The van der Waals surface area contributed by atoms with E-state index in [2.05, 4.69) is 25.8 Å². The second-order valence-corrected chi connectivity index (χ2v) is 12.4. The number of nitrogens with zero attached hydrogens (tertiary/aromatic N) is 4. The van der Waals surface area contributed by atoms with E-state index in [1.54, 1.807) is 11.0 Å². The van der Waals surface area contributed by atoms with Gasteiger partial charge < -0.3 is 4.90 Å². The van der Waals surface area contributed by atoms with Crippen molar-refractivity contribution in [1.29, 1.82) is 0 Å². The predicted octanol–water partition coefficient (Wildman–Crippen LogP) is 4.36. The number of piperazine rings is 1. The Morgan fingerprint density at radius 1 is 1.03 bits per heavy atom. The van der Waals surface area contributed by atoms with Crippen LogP contribution in [0.15, 0.2) is 35.7 Å². The Kier molecular flexibility index (Phi) is 6.63. The van der Waals surface area contributed by atoms with Crippen molar-refractivity contribution in [2.24, 2.45) is 0 Å².